The molecule has 0 saturated heterocycles. The summed E-state index contributed by atoms with van der Waals surface area (Å²) in [6, 6.07) is 9.95. The van der Waals surface area contributed by atoms with Gasteiger partial charge in [0.15, 0.2) is 0 Å². The van der Waals surface area contributed by atoms with E-state index in [0.717, 1.165) is 35.7 Å². The molecule has 1 aliphatic carbocycles. The zero-order valence-corrected chi connectivity index (χ0v) is 14.6. The summed E-state index contributed by atoms with van der Waals surface area (Å²) >= 11 is -0.0951. The van der Waals surface area contributed by atoms with Crippen molar-refractivity contribution in [2.24, 2.45) is 5.92 Å². The van der Waals surface area contributed by atoms with Crippen LogP contribution in [0.1, 0.15) is 38.5 Å². The van der Waals surface area contributed by atoms with Crippen LogP contribution in [0.25, 0.3) is 0 Å². The van der Waals surface area contributed by atoms with Crippen molar-refractivity contribution < 1.29 is 14.3 Å². The summed E-state index contributed by atoms with van der Waals surface area (Å²) in [5.41, 5.74) is 1.16. The van der Waals surface area contributed by atoms with Gasteiger partial charge in [-0.2, -0.15) is 0 Å². The van der Waals surface area contributed by atoms with Crippen LogP contribution in [0, 0.1) is 5.92 Å². The summed E-state index contributed by atoms with van der Waals surface area (Å²) in [6.07, 6.45) is 7.44. The normalized spacial score (nSPS) is 19.9. The number of carbonyl (C=O) groups is 2. The number of esters is 1. The molecular formula is C18H22O3Se. The van der Waals surface area contributed by atoms with Crippen LogP contribution in [-0.2, 0) is 14.3 Å². The molecule has 4 heteroatoms. The molecule has 0 radical (unpaired) electrons. The molecule has 0 bridgehead atoms. The van der Waals surface area contributed by atoms with E-state index in [4.69, 9.17) is 4.74 Å². The second-order valence-corrected chi connectivity index (χ2v) is 7.88. The Labute approximate surface area is 138 Å². The SMILES string of the molecule is COC(=O)/C=C1/CCCC[C@H]1CCC(=O)[Se]c1ccccc1. The van der Waals surface area contributed by atoms with Gasteiger partial charge >= 0.3 is 138 Å². The topological polar surface area (TPSA) is 43.4 Å². The van der Waals surface area contributed by atoms with Crippen molar-refractivity contribution in [1.29, 1.82) is 0 Å². The van der Waals surface area contributed by atoms with Crippen molar-refractivity contribution in [1.82, 2.24) is 0 Å². The first-order valence-corrected chi connectivity index (χ1v) is 9.44. The van der Waals surface area contributed by atoms with Crippen LogP contribution in [0.4, 0.5) is 0 Å². The molecular weight excluding hydrogens is 343 g/mol. The van der Waals surface area contributed by atoms with Gasteiger partial charge in [-0.1, -0.05) is 0 Å². The molecule has 118 valence electrons. The minimum absolute atomic E-state index is 0.0951. The van der Waals surface area contributed by atoms with Crippen molar-refractivity contribution in [3.8, 4) is 0 Å². The molecule has 0 spiro atoms. The molecule has 3 nitrogen and oxygen atoms in total. The minimum atomic E-state index is -0.276. The summed E-state index contributed by atoms with van der Waals surface area (Å²) < 4.78 is 6.19. The Kier molecular flexibility index (Phi) is 6.88. The van der Waals surface area contributed by atoms with Gasteiger partial charge in [-0.15, -0.1) is 0 Å². The number of hydrogen-bond acceptors (Lipinski definition) is 3. The Bertz CT molecular complexity index is 537. The van der Waals surface area contributed by atoms with E-state index in [2.05, 4.69) is 0 Å². The zero-order valence-electron chi connectivity index (χ0n) is 12.9. The summed E-state index contributed by atoms with van der Waals surface area (Å²) in [4.78, 5) is 23.6. The quantitative estimate of drug-likeness (QED) is 0.442. The second-order valence-electron chi connectivity index (χ2n) is 5.51. The average Bonchev–Trinajstić information content (AvgIpc) is 2.55. The fourth-order valence-electron chi connectivity index (χ4n) is 2.80. The third kappa shape index (κ3) is 5.43. The van der Waals surface area contributed by atoms with Gasteiger partial charge in [0.1, 0.15) is 0 Å². The van der Waals surface area contributed by atoms with E-state index in [1.807, 2.05) is 30.3 Å². The average molecular weight is 365 g/mol. The van der Waals surface area contributed by atoms with Crippen LogP contribution in [0.5, 0.6) is 0 Å². The molecule has 0 unspecified atom stereocenters. The van der Waals surface area contributed by atoms with E-state index >= 15 is 0 Å². The van der Waals surface area contributed by atoms with Crippen LogP contribution >= 0.6 is 0 Å². The maximum atomic E-state index is 12.2. The Balaban J connectivity index is 1.87. The van der Waals surface area contributed by atoms with E-state index < -0.39 is 0 Å². The number of methoxy groups -OCH3 is 1. The molecule has 0 amide bonds. The van der Waals surface area contributed by atoms with Gasteiger partial charge in [0.2, 0.25) is 0 Å². The van der Waals surface area contributed by atoms with Gasteiger partial charge in [0.25, 0.3) is 0 Å². The van der Waals surface area contributed by atoms with Gasteiger partial charge in [0, 0.05) is 0 Å². The predicted octanol–water partition coefficient (Wildman–Crippen LogP) is 2.61. The van der Waals surface area contributed by atoms with Crippen LogP contribution in [-0.4, -0.2) is 32.7 Å². The van der Waals surface area contributed by atoms with Crippen molar-refractivity contribution in [3.63, 3.8) is 0 Å². The molecule has 2 rings (SSSR count). The molecule has 1 fully saturated rings. The number of carbonyl (C=O) groups excluding carboxylic acids is 2. The molecule has 1 aliphatic rings. The summed E-state index contributed by atoms with van der Waals surface area (Å²) in [6.45, 7) is 0. The summed E-state index contributed by atoms with van der Waals surface area (Å²) in [5.74, 6) is 0.0881. The Morgan fingerprint density at radius 2 is 2.05 bits per heavy atom. The molecule has 1 atom stereocenters. The van der Waals surface area contributed by atoms with Gasteiger partial charge in [0.05, 0.1) is 0 Å². The van der Waals surface area contributed by atoms with E-state index in [-0.39, 0.29) is 20.9 Å². The summed E-state index contributed by atoms with van der Waals surface area (Å²) in [7, 11) is 1.41. The molecule has 1 saturated carbocycles. The van der Waals surface area contributed by atoms with E-state index in [1.165, 1.54) is 13.5 Å². The first-order valence-electron chi connectivity index (χ1n) is 7.73. The molecule has 0 N–H and O–H groups in total. The molecule has 1 aromatic carbocycles. The first kappa shape index (κ1) is 17.0. The molecule has 1 aromatic rings. The van der Waals surface area contributed by atoms with Crippen molar-refractivity contribution in [2.45, 2.75) is 38.5 Å². The third-order valence-corrected chi connectivity index (χ3v) is 5.94. The van der Waals surface area contributed by atoms with Crippen LogP contribution in [0.2, 0.25) is 0 Å². The number of ether oxygens (including phenoxy) is 1. The fraction of sp³-hybridized carbons (Fsp3) is 0.444. The molecule has 22 heavy (non-hydrogen) atoms. The zero-order chi connectivity index (χ0) is 15.8. The standard InChI is InChI=1S/C18H22O3Se/c1-21-17(19)13-15-8-6-5-7-14(15)11-12-18(20)22-16-9-3-2-4-10-16/h2-4,9-10,13-14H,5-8,11-12H2,1H3/b15-13-/t14-/m0/s1. The monoisotopic (exact) mass is 366 g/mol. The Morgan fingerprint density at radius 3 is 2.77 bits per heavy atom. The van der Waals surface area contributed by atoms with Crippen LogP contribution in [0.3, 0.4) is 0 Å². The predicted molar refractivity (Wildman–Crippen MR) is 88.1 cm³/mol. The Hall–Kier alpha value is -1.38. The van der Waals surface area contributed by atoms with Crippen molar-refractivity contribution >= 4 is 30.1 Å². The van der Waals surface area contributed by atoms with E-state index in [0.29, 0.717) is 17.0 Å². The first-order chi connectivity index (χ1) is 10.7. The van der Waals surface area contributed by atoms with Crippen molar-refractivity contribution in [3.05, 3.63) is 42.0 Å². The van der Waals surface area contributed by atoms with Crippen LogP contribution in [0.15, 0.2) is 42.0 Å². The number of allylic oxidation sites excluding steroid dienone is 1. The summed E-state index contributed by atoms with van der Waals surface area (Å²) in [5, 5.41) is 0. The number of hydrogen-bond donors (Lipinski definition) is 0. The van der Waals surface area contributed by atoms with E-state index in [1.54, 1.807) is 6.08 Å². The van der Waals surface area contributed by atoms with Gasteiger partial charge < -0.3 is 0 Å². The second kappa shape index (κ2) is 8.92. The molecule has 0 aliphatic heterocycles. The Morgan fingerprint density at radius 1 is 1.27 bits per heavy atom. The van der Waals surface area contributed by atoms with Gasteiger partial charge in [-0.25, -0.2) is 0 Å². The fourth-order valence-corrected chi connectivity index (χ4v) is 4.43. The van der Waals surface area contributed by atoms with Gasteiger partial charge in [-0.05, 0) is 0 Å². The number of rotatable bonds is 6. The third-order valence-electron chi connectivity index (χ3n) is 3.97. The van der Waals surface area contributed by atoms with E-state index in [9.17, 15) is 9.59 Å². The maximum absolute atomic E-state index is 12.2. The number of benzene rings is 1. The van der Waals surface area contributed by atoms with Crippen molar-refractivity contribution in [2.75, 3.05) is 7.11 Å². The van der Waals surface area contributed by atoms with Crippen LogP contribution < -0.4 is 4.46 Å². The molecule has 0 aromatic heterocycles. The molecule has 0 heterocycles. The van der Waals surface area contributed by atoms with Gasteiger partial charge in [-0.3, -0.25) is 0 Å².